The molecular formula is C24H24N6O3. The van der Waals surface area contributed by atoms with Crippen LogP contribution in [0.5, 0.6) is 0 Å². The number of anilines is 2. The molecule has 0 spiro atoms. The Kier molecular flexibility index (Phi) is 5.95. The molecule has 2 N–H and O–H groups in total. The van der Waals surface area contributed by atoms with E-state index in [1.54, 1.807) is 61.7 Å². The van der Waals surface area contributed by atoms with Crippen LogP contribution in [0.2, 0.25) is 0 Å². The second-order valence-electron chi connectivity index (χ2n) is 7.58. The fourth-order valence-corrected chi connectivity index (χ4v) is 3.51. The number of hydrogen-bond acceptors (Lipinski definition) is 6. The van der Waals surface area contributed by atoms with Crippen molar-refractivity contribution in [2.45, 2.75) is 13.3 Å². The summed E-state index contributed by atoms with van der Waals surface area (Å²) in [7, 11) is 3.33. The van der Waals surface area contributed by atoms with Crippen molar-refractivity contribution in [2.75, 3.05) is 17.7 Å². The molecule has 0 radical (unpaired) electrons. The number of fused-ring (bicyclic) bond motifs is 1. The van der Waals surface area contributed by atoms with Crippen molar-refractivity contribution in [1.82, 2.24) is 14.1 Å². The maximum atomic E-state index is 13.4. The standard InChI is InChI=1S/C24H24N6O3/c1-5-20(31)27-16-7-6-8-17(11-16)30-13-19(21-22(24(30)32)29(3)14-26-21)28-18-10-9-15(2)12-25-23(18)33-4/h5-8,10-14,28H,1,9H2,2-4H3,(H,27,31). The number of hydrogen-bond donors (Lipinski definition) is 2. The van der Waals surface area contributed by atoms with Gasteiger partial charge in [-0.1, -0.05) is 24.3 Å². The van der Waals surface area contributed by atoms with Crippen LogP contribution in [0, 0.1) is 0 Å². The van der Waals surface area contributed by atoms with Crippen molar-refractivity contribution in [2.24, 2.45) is 12.0 Å². The van der Waals surface area contributed by atoms with Crippen LogP contribution in [0.3, 0.4) is 0 Å². The molecule has 0 aliphatic carbocycles. The molecular weight excluding hydrogens is 420 g/mol. The Morgan fingerprint density at radius 2 is 2.15 bits per heavy atom. The number of imidazole rings is 1. The van der Waals surface area contributed by atoms with Gasteiger partial charge in [-0.25, -0.2) is 9.98 Å². The van der Waals surface area contributed by atoms with Gasteiger partial charge in [0.15, 0.2) is 0 Å². The molecule has 3 heterocycles. The Labute approximate surface area is 190 Å². The molecule has 9 heteroatoms. The molecule has 0 saturated heterocycles. The first-order valence-electron chi connectivity index (χ1n) is 10.3. The van der Waals surface area contributed by atoms with E-state index < -0.39 is 0 Å². The van der Waals surface area contributed by atoms with Gasteiger partial charge in [0.05, 0.1) is 30.5 Å². The van der Waals surface area contributed by atoms with E-state index in [1.807, 2.05) is 13.0 Å². The van der Waals surface area contributed by atoms with Crippen LogP contribution in [-0.4, -0.2) is 33.0 Å². The Bertz CT molecular complexity index is 1410. The summed E-state index contributed by atoms with van der Waals surface area (Å²) in [6, 6.07) is 7.01. The minimum Gasteiger partial charge on any atom is -0.480 e. The zero-order chi connectivity index (χ0) is 23.5. The molecule has 1 amide bonds. The maximum Gasteiger partial charge on any atom is 0.281 e. The first kappa shape index (κ1) is 21.8. The highest BCUT2D eigenvalue weighted by Crippen LogP contribution is 2.24. The van der Waals surface area contributed by atoms with Gasteiger partial charge in [0, 0.05) is 25.1 Å². The molecule has 33 heavy (non-hydrogen) atoms. The van der Waals surface area contributed by atoms with E-state index in [0.717, 1.165) is 5.57 Å². The van der Waals surface area contributed by atoms with Crippen LogP contribution >= 0.6 is 0 Å². The Balaban J connectivity index is 1.84. The van der Waals surface area contributed by atoms with E-state index in [1.165, 1.54) is 10.6 Å². The third-order valence-electron chi connectivity index (χ3n) is 5.17. The average Bonchev–Trinajstić information content (AvgIpc) is 3.11. The van der Waals surface area contributed by atoms with E-state index in [2.05, 4.69) is 27.2 Å². The zero-order valence-corrected chi connectivity index (χ0v) is 18.6. The van der Waals surface area contributed by atoms with E-state index in [0.29, 0.717) is 46.1 Å². The molecule has 0 saturated carbocycles. The van der Waals surface area contributed by atoms with Crippen LogP contribution in [0.4, 0.5) is 11.4 Å². The maximum absolute atomic E-state index is 13.4. The van der Waals surface area contributed by atoms with Crippen molar-refractivity contribution in [1.29, 1.82) is 0 Å². The van der Waals surface area contributed by atoms with Crippen molar-refractivity contribution in [3.63, 3.8) is 0 Å². The molecule has 0 fully saturated rings. The number of benzene rings is 1. The highest BCUT2D eigenvalue weighted by Gasteiger charge is 2.18. The molecule has 0 atom stereocenters. The van der Waals surface area contributed by atoms with E-state index in [-0.39, 0.29) is 11.5 Å². The lowest BCUT2D eigenvalue weighted by Crippen LogP contribution is -2.22. The summed E-state index contributed by atoms with van der Waals surface area (Å²) in [5.41, 5.74) is 4.23. The Morgan fingerprint density at radius 1 is 1.33 bits per heavy atom. The molecule has 9 nitrogen and oxygen atoms in total. The third kappa shape index (κ3) is 4.33. The summed E-state index contributed by atoms with van der Waals surface area (Å²) in [6.07, 6.45) is 8.93. The summed E-state index contributed by atoms with van der Waals surface area (Å²) in [4.78, 5) is 33.9. The van der Waals surface area contributed by atoms with Crippen molar-refractivity contribution >= 4 is 34.2 Å². The van der Waals surface area contributed by atoms with Gasteiger partial charge in [-0.05, 0) is 37.6 Å². The molecule has 0 unspecified atom stereocenters. The first-order chi connectivity index (χ1) is 15.9. The number of allylic oxidation sites excluding steroid dienone is 2. The number of aromatic nitrogens is 3. The van der Waals surface area contributed by atoms with Crippen LogP contribution in [0.25, 0.3) is 16.7 Å². The largest absolute Gasteiger partial charge is 0.480 e. The number of amides is 1. The molecule has 168 valence electrons. The number of methoxy groups -OCH3 is 1. The fraction of sp³-hybridized carbons (Fsp3) is 0.167. The Morgan fingerprint density at radius 3 is 2.91 bits per heavy atom. The number of carbonyl (C=O) groups excluding carboxylic acids is 1. The summed E-state index contributed by atoms with van der Waals surface area (Å²) in [5, 5.41) is 6.06. The number of nitrogens with one attached hydrogen (secondary N) is 2. The number of pyridine rings is 1. The van der Waals surface area contributed by atoms with Crippen molar-refractivity contribution in [3.8, 4) is 5.69 Å². The highest BCUT2D eigenvalue weighted by molar-refractivity contribution is 6.00. The number of aliphatic imine (C=N–C) groups is 1. The van der Waals surface area contributed by atoms with Gasteiger partial charge in [0.1, 0.15) is 11.0 Å². The normalized spacial score (nSPS) is 13.5. The summed E-state index contributed by atoms with van der Waals surface area (Å²) >= 11 is 0. The van der Waals surface area contributed by atoms with Gasteiger partial charge in [-0.2, -0.15) is 0 Å². The van der Waals surface area contributed by atoms with Gasteiger partial charge in [-0.15, -0.1) is 0 Å². The van der Waals surface area contributed by atoms with Crippen LogP contribution in [-0.2, 0) is 16.6 Å². The minimum atomic E-state index is -0.334. The molecule has 1 aliphatic heterocycles. The van der Waals surface area contributed by atoms with Crippen molar-refractivity contribution in [3.05, 3.63) is 83.3 Å². The van der Waals surface area contributed by atoms with Gasteiger partial charge >= 0.3 is 0 Å². The fourth-order valence-electron chi connectivity index (χ4n) is 3.51. The SMILES string of the molecule is C=CC(=O)Nc1cccc(-n2cc(NC3=CCC(C)=CN=C3OC)c3ncn(C)c3c2=O)c1. The third-order valence-corrected chi connectivity index (χ3v) is 5.17. The molecule has 1 aliphatic rings. The van der Waals surface area contributed by atoms with Crippen molar-refractivity contribution < 1.29 is 9.53 Å². The molecule has 2 aromatic heterocycles. The molecule has 1 aromatic carbocycles. The Hall–Kier alpha value is -4.40. The second-order valence-corrected chi connectivity index (χ2v) is 7.58. The van der Waals surface area contributed by atoms with E-state index in [4.69, 9.17) is 4.74 Å². The van der Waals surface area contributed by atoms with Gasteiger partial charge in [-0.3, -0.25) is 14.2 Å². The lowest BCUT2D eigenvalue weighted by molar-refractivity contribution is -0.111. The monoisotopic (exact) mass is 444 g/mol. The van der Waals surface area contributed by atoms with E-state index >= 15 is 0 Å². The summed E-state index contributed by atoms with van der Waals surface area (Å²) in [5.74, 6) is 0.0994. The number of ether oxygens (including phenoxy) is 1. The topological polar surface area (TPSA) is 103 Å². The van der Waals surface area contributed by atoms with Crippen LogP contribution in [0.15, 0.2) is 82.8 Å². The highest BCUT2D eigenvalue weighted by atomic mass is 16.5. The molecule has 3 aromatic rings. The smallest absolute Gasteiger partial charge is 0.281 e. The number of rotatable bonds is 5. The quantitative estimate of drug-likeness (QED) is 0.587. The molecule has 0 bridgehead atoms. The predicted molar refractivity (Wildman–Crippen MR) is 130 cm³/mol. The molecule has 4 rings (SSSR count). The first-order valence-corrected chi connectivity index (χ1v) is 10.3. The lowest BCUT2D eigenvalue weighted by atomic mass is 10.2. The van der Waals surface area contributed by atoms with E-state index in [9.17, 15) is 9.59 Å². The number of carbonyl (C=O) groups is 1. The average molecular weight is 444 g/mol. The second kappa shape index (κ2) is 8.99. The number of aryl methyl sites for hydroxylation is 1. The summed E-state index contributed by atoms with van der Waals surface area (Å²) < 4.78 is 8.65. The van der Waals surface area contributed by atoms with Gasteiger partial charge in [0.2, 0.25) is 11.8 Å². The van der Waals surface area contributed by atoms with Gasteiger partial charge < -0.3 is 19.9 Å². The summed E-state index contributed by atoms with van der Waals surface area (Å²) in [6.45, 7) is 5.46. The van der Waals surface area contributed by atoms with Crippen LogP contribution < -0.4 is 16.2 Å². The minimum absolute atomic E-state index is 0.240. The van der Waals surface area contributed by atoms with Gasteiger partial charge in [0.25, 0.3) is 5.56 Å². The van der Waals surface area contributed by atoms with Crippen LogP contribution in [0.1, 0.15) is 13.3 Å². The predicted octanol–water partition coefficient (Wildman–Crippen LogP) is 3.50. The number of nitrogens with zero attached hydrogens (tertiary/aromatic N) is 4. The lowest BCUT2D eigenvalue weighted by Gasteiger charge is -2.15. The zero-order valence-electron chi connectivity index (χ0n) is 18.6.